The molecule has 0 bridgehead atoms. The van der Waals surface area contributed by atoms with E-state index < -0.39 is 27.9 Å². The highest BCUT2D eigenvalue weighted by molar-refractivity contribution is 7.87. The molecule has 1 atom stereocenters. The molecule has 0 aliphatic carbocycles. The van der Waals surface area contributed by atoms with E-state index in [2.05, 4.69) is 15.4 Å². The van der Waals surface area contributed by atoms with Crippen LogP contribution in [0.15, 0.2) is 47.3 Å². The third kappa shape index (κ3) is 5.82. The monoisotopic (exact) mass is 512 g/mol. The molecule has 1 aliphatic heterocycles. The molecule has 1 unspecified atom stereocenters. The number of halogens is 3. The van der Waals surface area contributed by atoms with Crippen LogP contribution in [0.3, 0.4) is 0 Å². The number of amides is 1. The number of nitrogens with zero attached hydrogens (tertiary/aromatic N) is 4. The summed E-state index contributed by atoms with van der Waals surface area (Å²) in [4.78, 5) is 16.4. The smallest absolute Gasteiger partial charge is 0.416 e. The first kappa shape index (κ1) is 24.7. The van der Waals surface area contributed by atoms with Gasteiger partial charge in [0.15, 0.2) is 5.69 Å². The Bertz CT molecular complexity index is 1290. The fourth-order valence-electron chi connectivity index (χ4n) is 3.77. The number of anilines is 2. The molecule has 1 aliphatic rings. The Morgan fingerprint density at radius 2 is 2.03 bits per heavy atom. The van der Waals surface area contributed by atoms with Gasteiger partial charge in [-0.2, -0.15) is 36.0 Å². The van der Waals surface area contributed by atoms with Gasteiger partial charge in [-0.3, -0.25) is 9.48 Å². The predicted octanol–water partition coefficient (Wildman–Crippen LogP) is 3.64. The van der Waals surface area contributed by atoms with Crippen LogP contribution in [0.25, 0.3) is 0 Å². The summed E-state index contributed by atoms with van der Waals surface area (Å²) in [6, 6.07) is 4.72. The van der Waals surface area contributed by atoms with Gasteiger partial charge in [0.1, 0.15) is 6.26 Å². The molecule has 1 aromatic carbocycles. The van der Waals surface area contributed by atoms with E-state index in [9.17, 15) is 26.4 Å². The number of nitrogens with one attached hydrogen (secondary N) is 2. The fourth-order valence-corrected chi connectivity index (χ4v) is 4.95. The van der Waals surface area contributed by atoms with Crippen LogP contribution in [0.5, 0.6) is 0 Å². The zero-order chi connectivity index (χ0) is 25.2. The van der Waals surface area contributed by atoms with Gasteiger partial charge >= 0.3 is 16.4 Å². The number of carbonyl (C=O) groups is 1. The van der Waals surface area contributed by atoms with Gasteiger partial charge in [0, 0.05) is 31.2 Å². The maximum absolute atomic E-state index is 13.0. The summed E-state index contributed by atoms with van der Waals surface area (Å²) < 4.78 is 74.6. The lowest BCUT2D eigenvalue weighted by molar-refractivity contribution is -0.137. The van der Waals surface area contributed by atoms with Crippen molar-refractivity contribution in [2.45, 2.75) is 38.4 Å². The van der Waals surface area contributed by atoms with Gasteiger partial charge in [0.25, 0.3) is 11.9 Å². The minimum atomic E-state index is -4.54. The summed E-state index contributed by atoms with van der Waals surface area (Å²) in [5.41, 5.74) is -0.643. The third-order valence-electron chi connectivity index (χ3n) is 5.66. The van der Waals surface area contributed by atoms with Crippen molar-refractivity contribution in [2.75, 3.05) is 18.4 Å². The molecule has 35 heavy (non-hydrogen) atoms. The molecule has 0 spiro atoms. The number of alkyl halides is 3. The quantitative estimate of drug-likeness (QED) is 0.517. The van der Waals surface area contributed by atoms with Crippen LogP contribution in [0.1, 0.15) is 46.9 Å². The van der Waals surface area contributed by atoms with E-state index in [1.807, 2.05) is 10.9 Å². The van der Waals surface area contributed by atoms with E-state index in [-0.39, 0.29) is 36.5 Å². The molecule has 4 rings (SSSR count). The highest BCUT2D eigenvalue weighted by atomic mass is 32.2. The molecule has 188 valence electrons. The second-order valence-corrected chi connectivity index (χ2v) is 9.77. The highest BCUT2D eigenvalue weighted by Gasteiger charge is 2.31. The van der Waals surface area contributed by atoms with Gasteiger partial charge in [-0.05, 0) is 49.9 Å². The average Bonchev–Trinajstić information content (AvgIpc) is 3.42. The molecular formula is C21H23F3N6O4S. The Morgan fingerprint density at radius 1 is 1.23 bits per heavy atom. The SMILES string of the molecule is Cc1ccc(C(F)(F)F)cc1Nc1nc(C(=O)NS(=O)(=O)N2CCCC(n3cccn3)CC2)co1. The lowest BCUT2D eigenvalue weighted by Crippen LogP contribution is -2.44. The molecule has 2 N–H and O–H groups in total. The lowest BCUT2D eigenvalue weighted by Gasteiger charge is -2.20. The zero-order valence-corrected chi connectivity index (χ0v) is 19.4. The molecule has 1 amide bonds. The number of aromatic nitrogens is 3. The molecular weight excluding hydrogens is 489 g/mol. The maximum atomic E-state index is 13.0. The number of hydrogen-bond acceptors (Lipinski definition) is 7. The second kappa shape index (κ2) is 9.70. The average molecular weight is 513 g/mol. The molecule has 14 heteroatoms. The third-order valence-corrected chi connectivity index (χ3v) is 7.15. The van der Waals surface area contributed by atoms with E-state index >= 15 is 0 Å². The number of aryl methyl sites for hydroxylation is 1. The maximum Gasteiger partial charge on any atom is 0.416 e. The Morgan fingerprint density at radius 3 is 2.74 bits per heavy atom. The van der Waals surface area contributed by atoms with Crippen molar-refractivity contribution in [1.82, 2.24) is 23.8 Å². The molecule has 10 nitrogen and oxygen atoms in total. The first-order valence-corrected chi connectivity index (χ1v) is 12.2. The van der Waals surface area contributed by atoms with Crippen molar-refractivity contribution in [3.8, 4) is 0 Å². The van der Waals surface area contributed by atoms with Gasteiger partial charge in [-0.1, -0.05) is 6.07 Å². The van der Waals surface area contributed by atoms with Crippen LogP contribution in [-0.2, 0) is 16.4 Å². The molecule has 0 saturated carbocycles. The van der Waals surface area contributed by atoms with E-state index in [0.717, 1.165) is 24.8 Å². The predicted molar refractivity (Wildman–Crippen MR) is 119 cm³/mol. The zero-order valence-electron chi connectivity index (χ0n) is 18.6. The second-order valence-electron chi connectivity index (χ2n) is 8.10. The number of rotatable bonds is 6. The van der Waals surface area contributed by atoms with E-state index in [1.165, 1.54) is 10.4 Å². The van der Waals surface area contributed by atoms with Crippen molar-refractivity contribution >= 4 is 27.8 Å². The Balaban J connectivity index is 1.40. The topological polar surface area (TPSA) is 122 Å². The lowest BCUT2D eigenvalue weighted by atomic mass is 10.1. The minimum absolute atomic E-state index is 0.0596. The summed E-state index contributed by atoms with van der Waals surface area (Å²) in [5.74, 6) is -1.02. The summed E-state index contributed by atoms with van der Waals surface area (Å²) in [6.07, 6.45) is 1.74. The molecule has 2 aromatic heterocycles. The highest BCUT2D eigenvalue weighted by Crippen LogP contribution is 2.33. The van der Waals surface area contributed by atoms with Crippen LogP contribution >= 0.6 is 0 Å². The number of hydrogen-bond donors (Lipinski definition) is 2. The Hall–Kier alpha value is -3.39. The summed E-state index contributed by atoms with van der Waals surface area (Å²) in [6.45, 7) is 2.03. The van der Waals surface area contributed by atoms with Gasteiger partial charge in [-0.15, -0.1) is 0 Å². The van der Waals surface area contributed by atoms with Gasteiger partial charge in [0.2, 0.25) is 0 Å². The number of oxazole rings is 1. The van der Waals surface area contributed by atoms with Crippen LogP contribution in [0, 0.1) is 6.92 Å². The largest absolute Gasteiger partial charge is 0.431 e. The van der Waals surface area contributed by atoms with Crippen LogP contribution in [0.2, 0.25) is 0 Å². The first-order valence-electron chi connectivity index (χ1n) is 10.7. The minimum Gasteiger partial charge on any atom is -0.431 e. The Labute approximate surface area is 199 Å². The van der Waals surface area contributed by atoms with Gasteiger partial charge < -0.3 is 9.73 Å². The van der Waals surface area contributed by atoms with Crippen LogP contribution < -0.4 is 10.0 Å². The van der Waals surface area contributed by atoms with E-state index in [4.69, 9.17) is 4.42 Å². The fraction of sp³-hybridized carbons (Fsp3) is 0.381. The van der Waals surface area contributed by atoms with Crippen LogP contribution in [-0.4, -0.2) is 46.5 Å². The molecule has 0 radical (unpaired) electrons. The van der Waals surface area contributed by atoms with Crippen molar-refractivity contribution in [3.63, 3.8) is 0 Å². The molecule has 1 saturated heterocycles. The normalized spacial score (nSPS) is 17.7. The van der Waals surface area contributed by atoms with Gasteiger partial charge in [-0.25, -0.2) is 4.72 Å². The number of benzene rings is 1. The van der Waals surface area contributed by atoms with E-state index in [1.54, 1.807) is 23.9 Å². The molecule has 3 heterocycles. The number of carbonyl (C=O) groups excluding carboxylic acids is 1. The summed E-state index contributed by atoms with van der Waals surface area (Å²) >= 11 is 0. The first-order chi connectivity index (χ1) is 16.5. The van der Waals surface area contributed by atoms with Crippen molar-refractivity contribution in [1.29, 1.82) is 0 Å². The Kier molecular flexibility index (Phi) is 6.85. The standard InChI is InChI=1S/C21H23F3N6O4S/c1-14-5-6-15(21(22,23)24)12-17(14)26-20-27-18(13-34-20)19(31)28-35(32,33)29-9-2-4-16(7-11-29)30-10-3-8-25-30/h3,5-6,8,10,12-13,16H,2,4,7,9,11H2,1H3,(H,26,27)(H,28,31). The molecule has 1 fully saturated rings. The van der Waals surface area contributed by atoms with Crippen molar-refractivity contribution in [3.05, 3.63) is 59.7 Å². The van der Waals surface area contributed by atoms with Crippen molar-refractivity contribution in [2.24, 2.45) is 0 Å². The summed E-state index contributed by atoms with van der Waals surface area (Å²) in [5, 5.41) is 6.80. The summed E-state index contributed by atoms with van der Waals surface area (Å²) in [7, 11) is -4.15. The van der Waals surface area contributed by atoms with Crippen molar-refractivity contribution < 1.29 is 30.8 Å². The van der Waals surface area contributed by atoms with E-state index in [0.29, 0.717) is 18.4 Å². The molecule has 3 aromatic rings. The van der Waals surface area contributed by atoms with Crippen LogP contribution in [0.4, 0.5) is 24.9 Å². The van der Waals surface area contributed by atoms with Gasteiger partial charge in [0.05, 0.1) is 11.6 Å².